The van der Waals surface area contributed by atoms with Crippen LogP contribution in [-0.2, 0) is 9.53 Å². The Hall–Kier alpha value is -2.15. The Balaban J connectivity index is 3.01. The van der Waals surface area contributed by atoms with Gasteiger partial charge in [0.05, 0.1) is 6.61 Å². The summed E-state index contributed by atoms with van der Waals surface area (Å²) in [7, 11) is 1.33. The maximum Gasteiger partial charge on any atom is 0.328 e. The number of H-pyrrole nitrogens is 1. The topological polar surface area (TPSA) is 108 Å². The molecular weight excluding hydrogens is 252 g/mol. The normalized spacial score (nSPS) is 11.9. The van der Waals surface area contributed by atoms with E-state index in [1.807, 2.05) is 0 Å². The Morgan fingerprint density at radius 2 is 2.11 bits per heavy atom. The number of aromatic nitrogens is 1. The number of carboxylic acids is 1. The van der Waals surface area contributed by atoms with Crippen molar-refractivity contribution < 1.29 is 19.4 Å². The smallest absolute Gasteiger partial charge is 0.328 e. The van der Waals surface area contributed by atoms with Gasteiger partial charge >= 0.3 is 5.97 Å². The number of carbonyl (C=O) groups is 2. The maximum atomic E-state index is 11.9. The van der Waals surface area contributed by atoms with E-state index in [1.165, 1.54) is 7.11 Å². The lowest BCUT2D eigenvalue weighted by atomic mass is 10.1. The summed E-state index contributed by atoms with van der Waals surface area (Å²) < 4.78 is 4.70. The predicted octanol–water partition coefficient (Wildman–Crippen LogP) is -0.179. The Labute approximate surface area is 109 Å². The molecular formula is C12H16N2O5. The van der Waals surface area contributed by atoms with Gasteiger partial charge < -0.3 is 20.1 Å². The van der Waals surface area contributed by atoms with Crippen molar-refractivity contribution in [2.45, 2.75) is 19.9 Å². The van der Waals surface area contributed by atoms with E-state index in [9.17, 15) is 14.4 Å². The van der Waals surface area contributed by atoms with Gasteiger partial charge in [0.2, 0.25) is 0 Å². The van der Waals surface area contributed by atoms with Crippen molar-refractivity contribution in [3.8, 4) is 0 Å². The van der Waals surface area contributed by atoms with E-state index in [0.29, 0.717) is 11.3 Å². The Morgan fingerprint density at radius 3 is 2.58 bits per heavy atom. The van der Waals surface area contributed by atoms with Gasteiger partial charge in [-0.25, -0.2) is 4.79 Å². The van der Waals surface area contributed by atoms with Crippen LogP contribution >= 0.6 is 0 Å². The third-order valence-electron chi connectivity index (χ3n) is 2.53. The van der Waals surface area contributed by atoms with Crippen molar-refractivity contribution >= 4 is 11.9 Å². The van der Waals surface area contributed by atoms with Crippen LogP contribution < -0.4 is 10.9 Å². The van der Waals surface area contributed by atoms with Crippen molar-refractivity contribution in [1.29, 1.82) is 0 Å². The molecule has 1 unspecified atom stereocenters. The zero-order chi connectivity index (χ0) is 14.6. The number of ether oxygens (including phenoxy) is 1. The van der Waals surface area contributed by atoms with Crippen LogP contribution in [0, 0.1) is 13.8 Å². The summed E-state index contributed by atoms with van der Waals surface area (Å²) in [6.07, 6.45) is 0. The highest BCUT2D eigenvalue weighted by Gasteiger charge is 2.23. The molecule has 7 heteroatoms. The van der Waals surface area contributed by atoms with Crippen LogP contribution in [0.3, 0.4) is 0 Å². The van der Waals surface area contributed by atoms with Crippen molar-refractivity contribution in [3.63, 3.8) is 0 Å². The van der Waals surface area contributed by atoms with Gasteiger partial charge in [-0.15, -0.1) is 0 Å². The molecule has 1 amide bonds. The first-order valence-corrected chi connectivity index (χ1v) is 5.60. The number of hydrogen-bond acceptors (Lipinski definition) is 4. The molecule has 0 radical (unpaired) electrons. The maximum absolute atomic E-state index is 11.9. The number of aryl methyl sites for hydroxylation is 2. The number of rotatable bonds is 5. The highest BCUT2D eigenvalue weighted by atomic mass is 16.5. The zero-order valence-electron chi connectivity index (χ0n) is 10.9. The average Bonchev–Trinajstić information content (AvgIpc) is 2.26. The van der Waals surface area contributed by atoms with Crippen molar-refractivity contribution in [2.24, 2.45) is 0 Å². The molecule has 0 fully saturated rings. The highest BCUT2D eigenvalue weighted by molar-refractivity contribution is 5.97. The summed E-state index contributed by atoms with van der Waals surface area (Å²) in [6, 6.07) is 0.445. The second-order valence-corrected chi connectivity index (χ2v) is 4.16. The van der Waals surface area contributed by atoms with E-state index in [1.54, 1.807) is 19.9 Å². The van der Waals surface area contributed by atoms with E-state index < -0.39 is 23.5 Å². The SMILES string of the molecule is COCC(NC(=O)c1c(C)cc(C)[nH]c1=O)C(=O)O. The van der Waals surface area contributed by atoms with Gasteiger partial charge in [0.15, 0.2) is 6.04 Å². The second-order valence-electron chi connectivity index (χ2n) is 4.16. The third-order valence-corrected chi connectivity index (χ3v) is 2.53. The van der Waals surface area contributed by atoms with Crippen LogP contribution in [0.15, 0.2) is 10.9 Å². The van der Waals surface area contributed by atoms with Crippen molar-refractivity contribution in [3.05, 3.63) is 33.2 Å². The number of nitrogens with one attached hydrogen (secondary N) is 2. The standard InChI is InChI=1S/C12H16N2O5/c1-6-4-7(2)13-10(15)9(6)11(16)14-8(5-19-3)12(17)18/h4,8H,5H2,1-3H3,(H,13,15)(H,14,16)(H,17,18). The fourth-order valence-corrected chi connectivity index (χ4v) is 1.71. The summed E-state index contributed by atoms with van der Waals surface area (Å²) in [5, 5.41) is 11.2. The Morgan fingerprint density at radius 1 is 1.47 bits per heavy atom. The predicted molar refractivity (Wildman–Crippen MR) is 67.3 cm³/mol. The molecule has 0 aliphatic heterocycles. The molecule has 3 N–H and O–H groups in total. The minimum Gasteiger partial charge on any atom is -0.480 e. The number of amides is 1. The molecule has 1 aromatic heterocycles. The number of methoxy groups -OCH3 is 1. The first kappa shape index (κ1) is 14.9. The Bertz CT molecular complexity index is 550. The molecule has 0 aliphatic rings. The van der Waals surface area contributed by atoms with E-state index >= 15 is 0 Å². The van der Waals surface area contributed by atoms with Gasteiger partial charge in [-0.3, -0.25) is 9.59 Å². The molecule has 0 bridgehead atoms. The van der Waals surface area contributed by atoms with Crippen molar-refractivity contribution in [2.75, 3.05) is 13.7 Å². The number of aromatic amines is 1. The number of hydrogen-bond donors (Lipinski definition) is 3. The molecule has 1 heterocycles. The van der Waals surface area contributed by atoms with Gasteiger partial charge in [0.1, 0.15) is 5.56 Å². The first-order valence-electron chi connectivity index (χ1n) is 5.60. The monoisotopic (exact) mass is 268 g/mol. The average molecular weight is 268 g/mol. The first-order chi connectivity index (χ1) is 8.86. The summed E-state index contributed by atoms with van der Waals surface area (Å²) >= 11 is 0. The quantitative estimate of drug-likeness (QED) is 0.686. The molecule has 7 nitrogen and oxygen atoms in total. The summed E-state index contributed by atoms with van der Waals surface area (Å²) in [4.78, 5) is 37.1. The van der Waals surface area contributed by atoms with Gasteiger partial charge in [-0.2, -0.15) is 0 Å². The number of carbonyl (C=O) groups excluding carboxylic acids is 1. The summed E-state index contributed by atoms with van der Waals surface area (Å²) in [5.74, 6) is -1.96. The van der Waals surface area contributed by atoms with E-state index in [0.717, 1.165) is 0 Å². The largest absolute Gasteiger partial charge is 0.480 e. The van der Waals surface area contributed by atoms with Crippen LogP contribution in [0.2, 0.25) is 0 Å². The molecule has 0 spiro atoms. The van der Waals surface area contributed by atoms with Crippen molar-refractivity contribution in [1.82, 2.24) is 10.3 Å². The van der Waals surface area contributed by atoms with Gasteiger partial charge in [0, 0.05) is 12.8 Å². The molecule has 1 rings (SSSR count). The molecule has 0 saturated heterocycles. The zero-order valence-corrected chi connectivity index (χ0v) is 10.9. The lowest BCUT2D eigenvalue weighted by Gasteiger charge is -2.14. The summed E-state index contributed by atoms with van der Waals surface area (Å²) in [5.41, 5.74) is 0.482. The fourth-order valence-electron chi connectivity index (χ4n) is 1.71. The highest BCUT2D eigenvalue weighted by Crippen LogP contribution is 2.04. The van der Waals surface area contributed by atoms with Crippen LogP contribution in [-0.4, -0.2) is 41.7 Å². The molecule has 1 atom stereocenters. The van der Waals surface area contributed by atoms with Gasteiger partial charge in [-0.1, -0.05) is 0 Å². The van der Waals surface area contributed by atoms with Crippen LogP contribution in [0.4, 0.5) is 0 Å². The summed E-state index contributed by atoms with van der Waals surface area (Å²) in [6.45, 7) is 3.13. The molecule has 19 heavy (non-hydrogen) atoms. The Kier molecular flexibility index (Phi) is 4.82. The lowest BCUT2D eigenvalue weighted by molar-refractivity contribution is -0.140. The van der Waals surface area contributed by atoms with E-state index in [-0.39, 0.29) is 12.2 Å². The molecule has 0 aliphatic carbocycles. The number of carboxylic acid groups (broad SMARTS) is 1. The third kappa shape index (κ3) is 3.65. The van der Waals surface area contributed by atoms with Gasteiger partial charge in [0.25, 0.3) is 11.5 Å². The second kappa shape index (κ2) is 6.14. The van der Waals surface area contributed by atoms with Crippen LogP contribution in [0.5, 0.6) is 0 Å². The molecule has 1 aromatic rings. The van der Waals surface area contributed by atoms with E-state index in [2.05, 4.69) is 10.3 Å². The van der Waals surface area contributed by atoms with Gasteiger partial charge in [-0.05, 0) is 25.5 Å². The fraction of sp³-hybridized carbons (Fsp3) is 0.417. The lowest BCUT2D eigenvalue weighted by Crippen LogP contribution is -2.45. The van der Waals surface area contributed by atoms with E-state index in [4.69, 9.17) is 9.84 Å². The number of aliphatic carboxylic acids is 1. The minimum atomic E-state index is -1.23. The minimum absolute atomic E-state index is 0.0899. The molecule has 104 valence electrons. The number of pyridine rings is 1. The molecule has 0 aromatic carbocycles. The van der Waals surface area contributed by atoms with Crippen LogP contribution in [0.25, 0.3) is 0 Å². The van der Waals surface area contributed by atoms with Crippen LogP contribution in [0.1, 0.15) is 21.6 Å². The molecule has 0 saturated carbocycles.